The average molecular weight is 331 g/mol. The van der Waals surface area contributed by atoms with Crippen LogP contribution in [0.4, 0.5) is 5.69 Å². The lowest BCUT2D eigenvalue weighted by atomic mass is 10.2. The monoisotopic (exact) mass is 331 g/mol. The molecule has 0 saturated heterocycles. The number of rotatable bonds is 5. The van der Waals surface area contributed by atoms with E-state index in [1.165, 1.54) is 6.08 Å². The van der Waals surface area contributed by atoms with Crippen LogP contribution in [0.15, 0.2) is 73.3 Å². The highest BCUT2D eigenvalue weighted by Gasteiger charge is 2.04. The van der Waals surface area contributed by atoms with Gasteiger partial charge in [-0.1, -0.05) is 6.07 Å². The van der Waals surface area contributed by atoms with Crippen LogP contribution in [0.5, 0.6) is 11.5 Å². The lowest BCUT2D eigenvalue weighted by Gasteiger charge is -2.10. The Balaban J connectivity index is 1.64. The van der Waals surface area contributed by atoms with Gasteiger partial charge in [0.05, 0.1) is 6.20 Å². The van der Waals surface area contributed by atoms with Crippen molar-refractivity contribution in [3.8, 4) is 11.5 Å². The number of ether oxygens (including phenoxy) is 1. The van der Waals surface area contributed by atoms with Crippen LogP contribution in [0.3, 0.4) is 0 Å². The van der Waals surface area contributed by atoms with Gasteiger partial charge >= 0.3 is 0 Å². The quantitative estimate of drug-likeness (QED) is 0.711. The fourth-order valence-corrected chi connectivity index (χ4v) is 2.21. The van der Waals surface area contributed by atoms with E-state index in [0.29, 0.717) is 11.4 Å². The molecule has 2 aromatic heterocycles. The van der Waals surface area contributed by atoms with E-state index in [-0.39, 0.29) is 5.91 Å². The molecule has 25 heavy (non-hydrogen) atoms. The van der Waals surface area contributed by atoms with Crippen molar-refractivity contribution in [3.63, 3.8) is 0 Å². The zero-order chi connectivity index (χ0) is 17.5. The lowest BCUT2D eigenvalue weighted by Crippen LogP contribution is -2.07. The first-order chi connectivity index (χ1) is 12.2. The van der Waals surface area contributed by atoms with Crippen LogP contribution in [0.1, 0.15) is 11.1 Å². The number of nitrogens with one attached hydrogen (secondary N) is 1. The van der Waals surface area contributed by atoms with Gasteiger partial charge in [0.25, 0.3) is 0 Å². The number of pyridine rings is 2. The van der Waals surface area contributed by atoms with Gasteiger partial charge in [0.1, 0.15) is 11.5 Å². The van der Waals surface area contributed by atoms with Crippen LogP contribution >= 0.6 is 0 Å². The number of benzene rings is 1. The Kier molecular flexibility index (Phi) is 5.16. The molecule has 0 spiro atoms. The van der Waals surface area contributed by atoms with E-state index in [1.807, 2.05) is 43.3 Å². The number of carbonyl (C=O) groups is 1. The van der Waals surface area contributed by atoms with Gasteiger partial charge in [-0.3, -0.25) is 14.8 Å². The molecule has 1 N–H and O–H groups in total. The van der Waals surface area contributed by atoms with E-state index < -0.39 is 0 Å². The molecule has 0 aliphatic rings. The Morgan fingerprint density at radius 3 is 2.56 bits per heavy atom. The van der Waals surface area contributed by atoms with Crippen LogP contribution in [0.2, 0.25) is 0 Å². The maximum Gasteiger partial charge on any atom is 0.248 e. The fraction of sp³-hybridized carbons (Fsp3) is 0.0500. The van der Waals surface area contributed by atoms with E-state index in [2.05, 4.69) is 15.3 Å². The Hall–Kier alpha value is -3.47. The summed E-state index contributed by atoms with van der Waals surface area (Å²) in [6, 6.07) is 12.8. The summed E-state index contributed by atoms with van der Waals surface area (Å²) >= 11 is 0. The molecule has 1 aromatic carbocycles. The molecule has 124 valence electrons. The number of carbonyl (C=O) groups excluding carboxylic acids is 1. The van der Waals surface area contributed by atoms with Crippen molar-refractivity contribution in [2.45, 2.75) is 6.92 Å². The molecular weight excluding hydrogens is 314 g/mol. The normalized spacial score (nSPS) is 10.6. The summed E-state index contributed by atoms with van der Waals surface area (Å²) in [6.07, 6.45) is 9.92. The number of hydrogen-bond donors (Lipinski definition) is 1. The molecule has 0 atom stereocenters. The third-order valence-electron chi connectivity index (χ3n) is 3.42. The highest BCUT2D eigenvalue weighted by atomic mass is 16.5. The molecule has 0 fully saturated rings. The zero-order valence-corrected chi connectivity index (χ0v) is 13.7. The van der Waals surface area contributed by atoms with E-state index in [9.17, 15) is 4.79 Å². The Morgan fingerprint density at radius 2 is 1.88 bits per heavy atom. The minimum absolute atomic E-state index is 0.204. The second-order valence-electron chi connectivity index (χ2n) is 5.38. The van der Waals surface area contributed by atoms with Crippen LogP contribution in [-0.2, 0) is 4.79 Å². The molecule has 1 amide bonds. The van der Waals surface area contributed by atoms with E-state index in [4.69, 9.17) is 4.74 Å². The first-order valence-corrected chi connectivity index (χ1v) is 7.78. The minimum atomic E-state index is -0.204. The SMILES string of the molecule is Cc1cc(NC(=O)C=Cc2cccnc2)ccc1Oc1cccnc1. The van der Waals surface area contributed by atoms with E-state index in [0.717, 1.165) is 16.9 Å². The Labute approximate surface area is 146 Å². The minimum Gasteiger partial charge on any atom is -0.455 e. The highest BCUT2D eigenvalue weighted by molar-refractivity contribution is 6.02. The molecule has 0 saturated carbocycles. The number of nitrogens with zero attached hydrogens (tertiary/aromatic N) is 2. The van der Waals surface area contributed by atoms with E-state index in [1.54, 1.807) is 36.9 Å². The van der Waals surface area contributed by atoms with Crippen molar-refractivity contribution >= 4 is 17.7 Å². The van der Waals surface area contributed by atoms with Gasteiger partial charge in [-0.15, -0.1) is 0 Å². The summed E-state index contributed by atoms with van der Waals surface area (Å²) in [4.78, 5) is 20.0. The molecule has 5 heteroatoms. The highest BCUT2D eigenvalue weighted by Crippen LogP contribution is 2.26. The summed E-state index contributed by atoms with van der Waals surface area (Å²) in [5, 5.41) is 2.83. The van der Waals surface area contributed by atoms with Gasteiger partial charge in [0, 0.05) is 30.4 Å². The van der Waals surface area contributed by atoms with Crippen LogP contribution in [0.25, 0.3) is 6.08 Å². The second-order valence-corrected chi connectivity index (χ2v) is 5.38. The summed E-state index contributed by atoms with van der Waals surface area (Å²) in [7, 11) is 0. The van der Waals surface area contributed by atoms with Gasteiger partial charge in [-0.05, 0) is 60.5 Å². The number of hydrogen-bond acceptors (Lipinski definition) is 4. The predicted octanol–water partition coefficient (Wildman–Crippen LogP) is 4.23. The largest absolute Gasteiger partial charge is 0.455 e. The zero-order valence-electron chi connectivity index (χ0n) is 13.7. The van der Waals surface area contributed by atoms with Crippen LogP contribution in [-0.4, -0.2) is 15.9 Å². The maximum absolute atomic E-state index is 12.0. The van der Waals surface area contributed by atoms with Crippen molar-refractivity contribution in [1.82, 2.24) is 9.97 Å². The number of anilines is 1. The molecule has 0 aliphatic heterocycles. The summed E-state index contributed by atoms with van der Waals surface area (Å²) in [5.41, 5.74) is 2.49. The van der Waals surface area contributed by atoms with Crippen molar-refractivity contribution in [3.05, 3.63) is 84.5 Å². The lowest BCUT2D eigenvalue weighted by molar-refractivity contribution is -0.111. The van der Waals surface area contributed by atoms with Crippen molar-refractivity contribution in [2.75, 3.05) is 5.32 Å². The summed E-state index contributed by atoms with van der Waals surface area (Å²) in [6.45, 7) is 1.92. The van der Waals surface area contributed by atoms with E-state index >= 15 is 0 Å². The standard InChI is InChI=1S/C20H17N3O2/c1-15-12-17(7-8-19(15)25-18-5-3-11-22-14-18)23-20(24)9-6-16-4-2-10-21-13-16/h2-14H,1H3,(H,23,24). The van der Waals surface area contributed by atoms with Gasteiger partial charge in [0.15, 0.2) is 0 Å². The molecule has 2 heterocycles. The average Bonchev–Trinajstić information content (AvgIpc) is 2.64. The second kappa shape index (κ2) is 7.88. The van der Waals surface area contributed by atoms with Gasteiger partial charge in [-0.25, -0.2) is 0 Å². The topological polar surface area (TPSA) is 64.1 Å². The van der Waals surface area contributed by atoms with Crippen molar-refractivity contribution in [2.24, 2.45) is 0 Å². The summed E-state index contributed by atoms with van der Waals surface area (Å²) in [5.74, 6) is 1.18. The third kappa shape index (κ3) is 4.75. The Morgan fingerprint density at radius 1 is 1.08 bits per heavy atom. The predicted molar refractivity (Wildman–Crippen MR) is 97.4 cm³/mol. The molecule has 3 rings (SSSR count). The molecule has 0 unspecified atom stereocenters. The van der Waals surface area contributed by atoms with Crippen molar-refractivity contribution < 1.29 is 9.53 Å². The molecule has 0 bridgehead atoms. The van der Waals surface area contributed by atoms with Crippen LogP contribution < -0.4 is 10.1 Å². The van der Waals surface area contributed by atoms with Gasteiger partial charge in [0.2, 0.25) is 5.91 Å². The van der Waals surface area contributed by atoms with Crippen molar-refractivity contribution in [1.29, 1.82) is 0 Å². The first kappa shape index (κ1) is 16.4. The molecule has 3 aromatic rings. The first-order valence-electron chi connectivity index (χ1n) is 7.78. The smallest absolute Gasteiger partial charge is 0.248 e. The third-order valence-corrected chi connectivity index (χ3v) is 3.42. The Bertz CT molecular complexity index is 878. The number of aromatic nitrogens is 2. The number of amides is 1. The number of aryl methyl sites for hydroxylation is 1. The van der Waals surface area contributed by atoms with Gasteiger partial charge < -0.3 is 10.1 Å². The summed E-state index contributed by atoms with van der Waals surface area (Å²) < 4.78 is 5.78. The molecule has 0 aliphatic carbocycles. The molecule has 0 radical (unpaired) electrons. The fourth-order valence-electron chi connectivity index (χ4n) is 2.21. The van der Waals surface area contributed by atoms with Crippen LogP contribution in [0, 0.1) is 6.92 Å². The van der Waals surface area contributed by atoms with Gasteiger partial charge in [-0.2, -0.15) is 0 Å². The maximum atomic E-state index is 12.0. The molecule has 5 nitrogen and oxygen atoms in total. The molecular formula is C20H17N3O2.